The molecule has 0 bridgehead atoms. The van der Waals surface area contributed by atoms with Gasteiger partial charge in [-0.15, -0.1) is 0 Å². The third kappa shape index (κ3) is 5.37. The van der Waals surface area contributed by atoms with E-state index in [1.165, 1.54) is 0 Å². The second kappa shape index (κ2) is 8.57. The third-order valence-corrected chi connectivity index (χ3v) is 4.66. The number of ether oxygens (including phenoxy) is 1. The summed E-state index contributed by atoms with van der Waals surface area (Å²) in [6.45, 7) is 7.95. The van der Waals surface area contributed by atoms with Crippen molar-refractivity contribution in [3.63, 3.8) is 0 Å². The fraction of sp³-hybridized carbons (Fsp3) is 0.348. The molecule has 0 atom stereocenters. The number of nitrogens with one attached hydrogen (secondary N) is 2. The lowest BCUT2D eigenvalue weighted by Crippen LogP contribution is -2.32. The SMILES string of the molecule is CC(=O)N1CCc2cc(NC(=O)c3ccc(CNC(=O)OC(C)(C)C)cc3)ccc21. The quantitative estimate of drug-likeness (QED) is 0.802. The molecule has 0 saturated heterocycles. The first-order valence-electron chi connectivity index (χ1n) is 9.90. The highest BCUT2D eigenvalue weighted by molar-refractivity contribution is 6.04. The number of fused-ring (bicyclic) bond motifs is 1. The number of carbonyl (C=O) groups is 3. The van der Waals surface area contributed by atoms with Crippen molar-refractivity contribution in [1.29, 1.82) is 0 Å². The lowest BCUT2D eigenvalue weighted by molar-refractivity contribution is -0.116. The Bertz CT molecular complexity index is 961. The van der Waals surface area contributed by atoms with E-state index in [2.05, 4.69) is 10.6 Å². The molecule has 0 radical (unpaired) electrons. The molecule has 0 unspecified atom stereocenters. The fourth-order valence-electron chi connectivity index (χ4n) is 3.27. The highest BCUT2D eigenvalue weighted by atomic mass is 16.6. The first-order chi connectivity index (χ1) is 14.1. The summed E-state index contributed by atoms with van der Waals surface area (Å²) in [6.07, 6.45) is 0.294. The molecular formula is C23H27N3O4. The number of anilines is 2. The van der Waals surface area contributed by atoms with Gasteiger partial charge in [0, 0.05) is 37.0 Å². The summed E-state index contributed by atoms with van der Waals surface area (Å²) in [6, 6.07) is 12.6. The van der Waals surface area contributed by atoms with Gasteiger partial charge in [0.05, 0.1) is 0 Å². The monoisotopic (exact) mass is 409 g/mol. The van der Waals surface area contributed by atoms with Gasteiger partial charge < -0.3 is 20.3 Å². The third-order valence-electron chi connectivity index (χ3n) is 4.66. The number of hydrogen-bond acceptors (Lipinski definition) is 4. The average Bonchev–Trinajstić information content (AvgIpc) is 3.09. The van der Waals surface area contributed by atoms with E-state index >= 15 is 0 Å². The predicted molar refractivity (Wildman–Crippen MR) is 116 cm³/mol. The van der Waals surface area contributed by atoms with Crippen LogP contribution < -0.4 is 15.5 Å². The first kappa shape index (κ1) is 21.4. The minimum absolute atomic E-state index is 0.0202. The average molecular weight is 409 g/mol. The van der Waals surface area contributed by atoms with Crippen molar-refractivity contribution in [2.24, 2.45) is 0 Å². The van der Waals surface area contributed by atoms with Gasteiger partial charge in [-0.25, -0.2) is 4.79 Å². The molecular weight excluding hydrogens is 382 g/mol. The smallest absolute Gasteiger partial charge is 0.407 e. The zero-order valence-electron chi connectivity index (χ0n) is 17.7. The van der Waals surface area contributed by atoms with Gasteiger partial charge in [0.1, 0.15) is 5.60 Å². The van der Waals surface area contributed by atoms with E-state index < -0.39 is 11.7 Å². The van der Waals surface area contributed by atoms with Crippen LogP contribution in [0, 0.1) is 0 Å². The number of benzene rings is 2. The van der Waals surface area contributed by atoms with Crippen molar-refractivity contribution in [3.05, 3.63) is 59.2 Å². The van der Waals surface area contributed by atoms with E-state index in [4.69, 9.17) is 4.74 Å². The van der Waals surface area contributed by atoms with Crippen molar-refractivity contribution in [1.82, 2.24) is 5.32 Å². The van der Waals surface area contributed by atoms with E-state index in [1.54, 1.807) is 62.9 Å². The molecule has 1 aliphatic rings. The molecule has 0 aromatic heterocycles. The summed E-state index contributed by atoms with van der Waals surface area (Å²) in [5, 5.41) is 5.58. The summed E-state index contributed by atoms with van der Waals surface area (Å²) in [5.41, 5.74) is 3.48. The Kier molecular flexibility index (Phi) is 6.10. The molecule has 1 aliphatic heterocycles. The Balaban J connectivity index is 1.58. The predicted octanol–water partition coefficient (Wildman–Crippen LogP) is 3.87. The van der Waals surface area contributed by atoms with Crippen molar-refractivity contribution in [3.8, 4) is 0 Å². The van der Waals surface area contributed by atoms with Gasteiger partial charge in [-0.1, -0.05) is 12.1 Å². The summed E-state index contributed by atoms with van der Waals surface area (Å²) < 4.78 is 5.20. The maximum absolute atomic E-state index is 12.6. The normalized spacial score (nSPS) is 12.9. The van der Waals surface area contributed by atoms with Crippen LogP contribution in [0.4, 0.5) is 16.2 Å². The molecule has 2 aromatic carbocycles. The van der Waals surface area contributed by atoms with Gasteiger partial charge in [0.15, 0.2) is 0 Å². The highest BCUT2D eigenvalue weighted by Gasteiger charge is 2.22. The van der Waals surface area contributed by atoms with Gasteiger partial charge in [-0.2, -0.15) is 0 Å². The molecule has 7 heteroatoms. The Labute approximate surface area is 176 Å². The molecule has 2 N–H and O–H groups in total. The van der Waals surface area contributed by atoms with Crippen molar-refractivity contribution < 1.29 is 19.1 Å². The number of alkyl carbamates (subject to hydrolysis) is 1. The second-order valence-electron chi connectivity index (χ2n) is 8.27. The summed E-state index contributed by atoms with van der Waals surface area (Å²) in [7, 11) is 0. The van der Waals surface area contributed by atoms with Crippen LogP contribution in [0.1, 0.15) is 49.2 Å². The molecule has 2 aromatic rings. The van der Waals surface area contributed by atoms with Crippen LogP contribution in [0.2, 0.25) is 0 Å². The van der Waals surface area contributed by atoms with Gasteiger partial charge >= 0.3 is 6.09 Å². The zero-order chi connectivity index (χ0) is 21.9. The Morgan fingerprint density at radius 2 is 1.77 bits per heavy atom. The molecule has 3 rings (SSSR count). The molecule has 3 amide bonds. The van der Waals surface area contributed by atoms with Crippen molar-refractivity contribution in [2.75, 3.05) is 16.8 Å². The van der Waals surface area contributed by atoms with E-state index in [-0.39, 0.29) is 11.8 Å². The van der Waals surface area contributed by atoms with E-state index in [9.17, 15) is 14.4 Å². The number of rotatable bonds is 4. The van der Waals surface area contributed by atoms with Gasteiger partial charge in [0.25, 0.3) is 5.91 Å². The summed E-state index contributed by atoms with van der Waals surface area (Å²) in [5.74, 6) is -0.199. The number of carbonyl (C=O) groups excluding carboxylic acids is 3. The van der Waals surface area contributed by atoms with Crippen LogP contribution in [-0.2, 0) is 22.5 Å². The molecule has 0 spiro atoms. The van der Waals surface area contributed by atoms with Gasteiger partial charge in [-0.3, -0.25) is 9.59 Å². The molecule has 0 saturated carbocycles. The van der Waals surface area contributed by atoms with E-state index in [0.29, 0.717) is 24.3 Å². The molecule has 0 fully saturated rings. The van der Waals surface area contributed by atoms with Crippen LogP contribution in [0.3, 0.4) is 0 Å². The van der Waals surface area contributed by atoms with Crippen molar-refractivity contribution >= 4 is 29.3 Å². The number of hydrogen-bond donors (Lipinski definition) is 2. The molecule has 1 heterocycles. The largest absolute Gasteiger partial charge is 0.444 e. The Hall–Kier alpha value is -3.35. The maximum atomic E-state index is 12.6. The lowest BCUT2D eigenvalue weighted by atomic mass is 10.1. The van der Waals surface area contributed by atoms with E-state index in [1.807, 2.05) is 12.1 Å². The van der Waals surface area contributed by atoms with Gasteiger partial charge in [-0.05, 0) is 68.7 Å². The van der Waals surface area contributed by atoms with Crippen LogP contribution >= 0.6 is 0 Å². The first-order valence-corrected chi connectivity index (χ1v) is 9.90. The minimum Gasteiger partial charge on any atom is -0.444 e. The second-order valence-corrected chi connectivity index (χ2v) is 8.27. The standard InChI is InChI=1S/C23H27N3O4/c1-15(27)26-12-11-18-13-19(9-10-20(18)26)25-21(28)17-7-5-16(6-8-17)14-24-22(29)30-23(2,3)4/h5-10,13H,11-12,14H2,1-4H3,(H,24,29)(H,25,28). The summed E-state index contributed by atoms with van der Waals surface area (Å²) in [4.78, 5) is 37.7. The Morgan fingerprint density at radius 1 is 1.07 bits per heavy atom. The number of amides is 3. The Morgan fingerprint density at radius 3 is 2.40 bits per heavy atom. The highest BCUT2D eigenvalue weighted by Crippen LogP contribution is 2.30. The topological polar surface area (TPSA) is 87.7 Å². The lowest BCUT2D eigenvalue weighted by Gasteiger charge is -2.19. The van der Waals surface area contributed by atoms with E-state index in [0.717, 1.165) is 23.2 Å². The van der Waals surface area contributed by atoms with Crippen LogP contribution in [0.15, 0.2) is 42.5 Å². The molecule has 30 heavy (non-hydrogen) atoms. The molecule has 0 aliphatic carbocycles. The molecule has 158 valence electrons. The number of nitrogens with zero attached hydrogens (tertiary/aromatic N) is 1. The maximum Gasteiger partial charge on any atom is 0.407 e. The van der Waals surface area contributed by atoms with Crippen molar-refractivity contribution in [2.45, 2.75) is 46.3 Å². The zero-order valence-corrected chi connectivity index (χ0v) is 17.7. The van der Waals surface area contributed by atoms with Crippen LogP contribution in [0.25, 0.3) is 0 Å². The van der Waals surface area contributed by atoms with Crippen LogP contribution in [0.5, 0.6) is 0 Å². The molecule has 7 nitrogen and oxygen atoms in total. The van der Waals surface area contributed by atoms with Crippen LogP contribution in [-0.4, -0.2) is 30.1 Å². The van der Waals surface area contributed by atoms with Gasteiger partial charge in [0.2, 0.25) is 5.91 Å². The summed E-state index contributed by atoms with van der Waals surface area (Å²) >= 11 is 0. The minimum atomic E-state index is -0.548. The fourth-order valence-corrected chi connectivity index (χ4v) is 3.27.